The van der Waals surface area contributed by atoms with E-state index >= 15 is 0 Å². The van der Waals surface area contributed by atoms with Gasteiger partial charge in [-0.1, -0.05) is 49.0 Å². The summed E-state index contributed by atoms with van der Waals surface area (Å²) in [6.45, 7) is 3.36. The SMILES string of the molecule is C=C(c1cccc2ccccc12)P(=O)([O-])[O-]. The van der Waals surface area contributed by atoms with Gasteiger partial charge in [0.2, 0.25) is 0 Å². The van der Waals surface area contributed by atoms with Crippen LogP contribution in [0.1, 0.15) is 5.56 Å². The first-order chi connectivity index (χ1) is 7.50. The van der Waals surface area contributed by atoms with Crippen molar-refractivity contribution in [1.29, 1.82) is 0 Å². The molecule has 0 aromatic heterocycles. The highest BCUT2D eigenvalue weighted by molar-refractivity contribution is 7.60. The molecule has 0 aliphatic carbocycles. The van der Waals surface area contributed by atoms with Gasteiger partial charge in [-0.15, -0.1) is 0 Å². The van der Waals surface area contributed by atoms with E-state index in [2.05, 4.69) is 6.58 Å². The molecule has 0 aliphatic rings. The Labute approximate surface area is 93.2 Å². The number of hydrogen-bond acceptors (Lipinski definition) is 3. The largest absolute Gasteiger partial charge is 0.807 e. The fourth-order valence-corrected chi connectivity index (χ4v) is 2.11. The van der Waals surface area contributed by atoms with Gasteiger partial charge in [-0.25, -0.2) is 0 Å². The molecule has 0 spiro atoms. The molecule has 0 fully saturated rings. The summed E-state index contributed by atoms with van der Waals surface area (Å²) in [5, 5.41) is 1.25. The van der Waals surface area contributed by atoms with E-state index in [1.807, 2.05) is 18.2 Å². The third kappa shape index (κ3) is 1.93. The van der Waals surface area contributed by atoms with Crippen molar-refractivity contribution < 1.29 is 14.4 Å². The number of rotatable bonds is 2. The Morgan fingerprint density at radius 3 is 2.38 bits per heavy atom. The molecule has 0 unspecified atom stereocenters. The number of benzene rings is 2. The van der Waals surface area contributed by atoms with Gasteiger partial charge in [0, 0.05) is 0 Å². The molecule has 3 nitrogen and oxygen atoms in total. The van der Waals surface area contributed by atoms with Gasteiger partial charge in [0.15, 0.2) is 0 Å². The van der Waals surface area contributed by atoms with Crippen molar-refractivity contribution >= 4 is 23.7 Å². The fourth-order valence-electron chi connectivity index (χ4n) is 1.62. The predicted octanol–water partition coefficient (Wildman–Crippen LogP) is 1.72. The summed E-state index contributed by atoms with van der Waals surface area (Å²) in [7, 11) is -4.78. The Morgan fingerprint density at radius 1 is 1.06 bits per heavy atom. The van der Waals surface area contributed by atoms with Crippen molar-refractivity contribution in [2.45, 2.75) is 0 Å². The highest BCUT2D eigenvalue weighted by atomic mass is 31.2. The Morgan fingerprint density at radius 2 is 1.69 bits per heavy atom. The predicted molar refractivity (Wildman–Crippen MR) is 60.6 cm³/mol. The van der Waals surface area contributed by atoms with Crippen LogP contribution in [-0.4, -0.2) is 0 Å². The average molecular weight is 232 g/mol. The standard InChI is InChI=1S/C12H11O3P/c1-9(16(13,14)15)11-8-4-6-10-5-2-3-7-12(10)11/h2-8H,1H2,(H2,13,14,15)/p-2. The van der Waals surface area contributed by atoms with E-state index in [9.17, 15) is 14.4 Å². The van der Waals surface area contributed by atoms with Crippen LogP contribution in [0.2, 0.25) is 0 Å². The van der Waals surface area contributed by atoms with Gasteiger partial charge in [-0.3, -0.25) is 0 Å². The van der Waals surface area contributed by atoms with Gasteiger partial charge >= 0.3 is 0 Å². The zero-order valence-corrected chi connectivity index (χ0v) is 9.31. The molecular formula is C12H9O3P-2. The maximum absolute atomic E-state index is 10.9. The smallest absolute Gasteiger partial charge is 0.00996 e. The van der Waals surface area contributed by atoms with Crippen LogP contribution in [0.25, 0.3) is 16.1 Å². The van der Waals surface area contributed by atoms with Gasteiger partial charge in [0.05, 0.1) is 0 Å². The van der Waals surface area contributed by atoms with Crippen molar-refractivity contribution in [2.24, 2.45) is 0 Å². The second-order valence-corrected chi connectivity index (χ2v) is 5.01. The molecular weight excluding hydrogens is 223 g/mol. The molecule has 2 aromatic rings. The first-order valence-corrected chi connectivity index (χ1v) is 6.24. The third-order valence-corrected chi connectivity index (χ3v) is 3.33. The average Bonchev–Trinajstić information content (AvgIpc) is 2.26. The van der Waals surface area contributed by atoms with Crippen molar-refractivity contribution in [2.75, 3.05) is 0 Å². The molecule has 0 amide bonds. The van der Waals surface area contributed by atoms with Crippen LogP contribution in [0.4, 0.5) is 0 Å². The quantitative estimate of drug-likeness (QED) is 0.740. The topological polar surface area (TPSA) is 63.2 Å². The molecule has 0 radical (unpaired) electrons. The normalized spacial score (nSPS) is 11.6. The minimum atomic E-state index is -4.78. The summed E-state index contributed by atoms with van der Waals surface area (Å²) < 4.78 is 10.9. The number of hydrogen-bond donors (Lipinski definition) is 0. The van der Waals surface area contributed by atoms with Crippen LogP contribution in [0.5, 0.6) is 0 Å². The van der Waals surface area contributed by atoms with Crippen LogP contribution in [0.15, 0.2) is 49.0 Å². The van der Waals surface area contributed by atoms with E-state index < -0.39 is 7.60 Å². The van der Waals surface area contributed by atoms with Gasteiger partial charge in [-0.2, -0.15) is 0 Å². The Hall–Kier alpha value is -1.41. The highest BCUT2D eigenvalue weighted by Gasteiger charge is 2.06. The van der Waals surface area contributed by atoms with E-state index in [1.165, 1.54) is 0 Å². The second-order valence-electron chi connectivity index (χ2n) is 3.47. The molecule has 4 heteroatoms. The lowest BCUT2D eigenvalue weighted by molar-refractivity contribution is -0.307. The zero-order chi connectivity index (χ0) is 11.8. The molecule has 16 heavy (non-hydrogen) atoms. The van der Waals surface area contributed by atoms with Gasteiger partial charge in [0.1, 0.15) is 0 Å². The summed E-state index contributed by atoms with van der Waals surface area (Å²) in [6, 6.07) is 12.4. The minimum Gasteiger partial charge on any atom is -0.807 e. The van der Waals surface area contributed by atoms with Crippen LogP contribution in [0.3, 0.4) is 0 Å². The van der Waals surface area contributed by atoms with E-state index in [0.717, 1.165) is 10.8 Å². The van der Waals surface area contributed by atoms with Crippen LogP contribution >= 0.6 is 7.60 Å². The van der Waals surface area contributed by atoms with Crippen LogP contribution < -0.4 is 9.79 Å². The van der Waals surface area contributed by atoms with Crippen LogP contribution in [-0.2, 0) is 4.57 Å². The number of fused-ring (bicyclic) bond motifs is 1. The van der Waals surface area contributed by atoms with Crippen molar-refractivity contribution in [3.05, 3.63) is 54.6 Å². The summed E-state index contributed by atoms with van der Waals surface area (Å²) in [4.78, 5) is 21.9. The first-order valence-electron chi connectivity index (χ1n) is 4.70. The lowest BCUT2D eigenvalue weighted by Gasteiger charge is -2.32. The molecule has 82 valence electrons. The second kappa shape index (κ2) is 3.87. The molecule has 0 aliphatic heterocycles. The monoisotopic (exact) mass is 232 g/mol. The first kappa shape index (κ1) is 11.1. The van der Waals surface area contributed by atoms with E-state index in [4.69, 9.17) is 0 Å². The van der Waals surface area contributed by atoms with E-state index in [-0.39, 0.29) is 5.31 Å². The molecule has 0 saturated heterocycles. The van der Waals surface area contributed by atoms with Crippen LogP contribution in [0, 0.1) is 0 Å². The van der Waals surface area contributed by atoms with E-state index in [0.29, 0.717) is 5.56 Å². The lowest BCUT2D eigenvalue weighted by atomic mass is 10.0. The molecule has 0 N–H and O–H groups in total. The van der Waals surface area contributed by atoms with Gasteiger partial charge in [0.25, 0.3) is 0 Å². The molecule has 2 rings (SSSR count). The summed E-state index contributed by atoms with van der Waals surface area (Å²) >= 11 is 0. The summed E-state index contributed by atoms with van der Waals surface area (Å²) in [6.07, 6.45) is 0. The maximum Gasteiger partial charge on any atom is -0.00996 e. The van der Waals surface area contributed by atoms with Crippen molar-refractivity contribution in [3.8, 4) is 0 Å². The summed E-state index contributed by atoms with van der Waals surface area (Å²) in [5.74, 6) is 0. The lowest BCUT2D eigenvalue weighted by Crippen LogP contribution is -2.14. The Kier molecular flexibility index (Phi) is 2.68. The molecule has 0 heterocycles. The van der Waals surface area contributed by atoms with Crippen molar-refractivity contribution in [3.63, 3.8) is 0 Å². The summed E-state index contributed by atoms with van der Waals surface area (Å²) in [5.41, 5.74) is 0.381. The van der Waals surface area contributed by atoms with Gasteiger partial charge < -0.3 is 14.4 Å². The molecule has 0 atom stereocenters. The van der Waals surface area contributed by atoms with E-state index in [1.54, 1.807) is 24.3 Å². The molecule has 0 saturated carbocycles. The third-order valence-electron chi connectivity index (χ3n) is 2.43. The maximum atomic E-state index is 10.9. The fraction of sp³-hybridized carbons (Fsp3) is 0. The molecule has 0 bridgehead atoms. The Bertz CT molecular complexity index is 593. The molecule has 2 aromatic carbocycles. The Balaban J connectivity index is 2.71. The minimum absolute atomic E-state index is 0.357. The van der Waals surface area contributed by atoms with Gasteiger partial charge in [-0.05, 0) is 29.2 Å². The highest BCUT2D eigenvalue weighted by Crippen LogP contribution is 2.43. The zero-order valence-electron chi connectivity index (χ0n) is 8.42. The van der Waals surface area contributed by atoms with Crippen molar-refractivity contribution in [1.82, 2.24) is 0 Å².